The number of rotatable bonds is 3. The highest BCUT2D eigenvalue weighted by Gasteiger charge is 2.38. The molecule has 88 valence electrons. The van der Waals surface area contributed by atoms with Crippen molar-refractivity contribution in [3.05, 3.63) is 36.0 Å². The maximum Gasteiger partial charge on any atom is 0.130 e. The van der Waals surface area contributed by atoms with Gasteiger partial charge in [0.1, 0.15) is 6.29 Å². The van der Waals surface area contributed by atoms with Crippen molar-refractivity contribution in [2.24, 2.45) is 17.3 Å². The molecular weight excluding hydrogens is 196 g/mol. The van der Waals surface area contributed by atoms with Gasteiger partial charge in [-0.2, -0.15) is 0 Å². The summed E-state index contributed by atoms with van der Waals surface area (Å²) in [5, 5.41) is 0. The van der Waals surface area contributed by atoms with E-state index in [4.69, 9.17) is 0 Å². The molecule has 3 atom stereocenters. The molecule has 0 aromatic rings. The number of carbonyl (C=O) groups is 1. The Bertz CT molecular complexity index is 334. The van der Waals surface area contributed by atoms with Gasteiger partial charge in [0.15, 0.2) is 0 Å². The first-order chi connectivity index (χ1) is 7.45. The number of hydrogen-bond donors (Lipinski definition) is 0. The van der Waals surface area contributed by atoms with E-state index in [0.29, 0.717) is 5.92 Å². The zero-order chi connectivity index (χ0) is 12.3. The van der Waals surface area contributed by atoms with Crippen LogP contribution in [0, 0.1) is 17.3 Å². The van der Waals surface area contributed by atoms with E-state index >= 15 is 0 Å². The van der Waals surface area contributed by atoms with Crippen molar-refractivity contribution in [3.63, 3.8) is 0 Å². The Morgan fingerprint density at radius 3 is 2.62 bits per heavy atom. The van der Waals surface area contributed by atoms with Gasteiger partial charge < -0.3 is 4.79 Å². The van der Waals surface area contributed by atoms with E-state index in [1.54, 1.807) is 0 Å². The summed E-state index contributed by atoms with van der Waals surface area (Å²) >= 11 is 0. The second-order valence-corrected chi connectivity index (χ2v) is 5.22. The van der Waals surface area contributed by atoms with Crippen LogP contribution in [0.3, 0.4) is 0 Å². The summed E-state index contributed by atoms with van der Waals surface area (Å²) in [6, 6.07) is 0. The van der Waals surface area contributed by atoms with Gasteiger partial charge in [-0.15, -0.1) is 6.58 Å². The molecule has 1 heteroatoms. The Morgan fingerprint density at radius 1 is 1.56 bits per heavy atom. The minimum Gasteiger partial charge on any atom is -0.302 e. The van der Waals surface area contributed by atoms with Crippen molar-refractivity contribution < 1.29 is 4.79 Å². The second-order valence-electron chi connectivity index (χ2n) is 5.22. The molecule has 1 aliphatic rings. The van der Waals surface area contributed by atoms with Crippen LogP contribution in [0.5, 0.6) is 0 Å². The lowest BCUT2D eigenvalue weighted by Gasteiger charge is -2.38. The van der Waals surface area contributed by atoms with Crippen LogP contribution in [-0.2, 0) is 4.79 Å². The monoisotopic (exact) mass is 218 g/mol. The van der Waals surface area contributed by atoms with Gasteiger partial charge in [0.05, 0.1) is 5.41 Å². The third-order valence-corrected chi connectivity index (χ3v) is 3.61. The highest BCUT2D eigenvalue weighted by atomic mass is 16.1. The van der Waals surface area contributed by atoms with Crippen LogP contribution in [-0.4, -0.2) is 6.29 Å². The molecule has 0 saturated heterocycles. The highest BCUT2D eigenvalue weighted by Crippen LogP contribution is 2.43. The van der Waals surface area contributed by atoms with Crippen LogP contribution in [0.1, 0.15) is 34.1 Å². The van der Waals surface area contributed by atoms with Crippen molar-refractivity contribution in [3.8, 4) is 0 Å². The molecule has 0 aliphatic heterocycles. The van der Waals surface area contributed by atoms with Crippen molar-refractivity contribution in [1.29, 1.82) is 0 Å². The first kappa shape index (κ1) is 13.0. The second kappa shape index (κ2) is 4.82. The third kappa shape index (κ3) is 2.34. The van der Waals surface area contributed by atoms with E-state index in [1.807, 2.05) is 6.08 Å². The first-order valence-corrected chi connectivity index (χ1v) is 5.88. The fraction of sp³-hybridized carbons (Fsp3) is 0.533. The molecule has 1 nitrogen and oxygen atoms in total. The molecule has 0 amide bonds. The summed E-state index contributed by atoms with van der Waals surface area (Å²) in [7, 11) is 0. The van der Waals surface area contributed by atoms with E-state index in [2.05, 4.69) is 46.4 Å². The van der Waals surface area contributed by atoms with Crippen LogP contribution in [0.15, 0.2) is 36.0 Å². The maximum absolute atomic E-state index is 11.4. The molecule has 0 saturated carbocycles. The Labute approximate surface area is 98.9 Å². The molecule has 3 unspecified atom stereocenters. The summed E-state index contributed by atoms with van der Waals surface area (Å²) in [6.45, 7) is 12.3. The molecular formula is C15H22O. The predicted molar refractivity (Wildman–Crippen MR) is 69.2 cm³/mol. The predicted octanol–water partition coefficient (Wildman–Crippen LogP) is 3.93. The Morgan fingerprint density at radius 2 is 2.19 bits per heavy atom. The Hall–Kier alpha value is -1.11. The van der Waals surface area contributed by atoms with Gasteiger partial charge in [-0.1, -0.05) is 36.3 Å². The van der Waals surface area contributed by atoms with Crippen molar-refractivity contribution in [2.75, 3.05) is 0 Å². The van der Waals surface area contributed by atoms with E-state index in [0.717, 1.165) is 12.7 Å². The summed E-state index contributed by atoms with van der Waals surface area (Å²) in [6.07, 6.45) is 8.16. The molecule has 1 rings (SSSR count). The van der Waals surface area contributed by atoms with Gasteiger partial charge in [-0.05, 0) is 33.1 Å². The number of allylic oxidation sites excluding steroid dienone is 5. The lowest BCUT2D eigenvalue weighted by Crippen LogP contribution is -2.34. The molecule has 0 radical (unpaired) electrons. The maximum atomic E-state index is 11.4. The molecule has 0 bridgehead atoms. The zero-order valence-corrected chi connectivity index (χ0v) is 10.8. The van der Waals surface area contributed by atoms with Crippen LogP contribution in [0.25, 0.3) is 0 Å². The van der Waals surface area contributed by atoms with Gasteiger partial charge in [0.25, 0.3) is 0 Å². The van der Waals surface area contributed by atoms with Crippen LogP contribution in [0.2, 0.25) is 0 Å². The van der Waals surface area contributed by atoms with E-state index in [1.165, 1.54) is 11.1 Å². The largest absolute Gasteiger partial charge is 0.302 e. The normalized spacial score (nSPS) is 33.9. The standard InChI is InChI=1S/C15H22O/c1-6-15(10-16)9-13(5)12(4)8-14(15)7-11(2)3/h6-8,10,13-14H,1,9H2,2-5H3. The molecule has 0 fully saturated rings. The minimum absolute atomic E-state index is 0.170. The molecule has 0 aromatic heterocycles. The van der Waals surface area contributed by atoms with E-state index in [9.17, 15) is 4.79 Å². The Kier molecular flexibility index (Phi) is 3.90. The summed E-state index contributed by atoms with van der Waals surface area (Å²) in [4.78, 5) is 11.4. The van der Waals surface area contributed by atoms with Gasteiger partial charge in [0.2, 0.25) is 0 Å². The average Bonchev–Trinajstić information content (AvgIpc) is 2.23. The van der Waals surface area contributed by atoms with Crippen LogP contribution < -0.4 is 0 Å². The third-order valence-electron chi connectivity index (χ3n) is 3.61. The molecule has 0 heterocycles. The van der Waals surface area contributed by atoms with Crippen LogP contribution in [0.4, 0.5) is 0 Å². The number of aldehydes is 1. The van der Waals surface area contributed by atoms with E-state index in [-0.39, 0.29) is 5.92 Å². The van der Waals surface area contributed by atoms with Crippen LogP contribution >= 0.6 is 0 Å². The first-order valence-electron chi connectivity index (χ1n) is 5.88. The topological polar surface area (TPSA) is 17.1 Å². The molecule has 16 heavy (non-hydrogen) atoms. The van der Waals surface area contributed by atoms with Gasteiger partial charge >= 0.3 is 0 Å². The molecule has 1 aliphatic carbocycles. The lowest BCUT2D eigenvalue weighted by atomic mass is 9.65. The van der Waals surface area contributed by atoms with Gasteiger partial charge in [-0.3, -0.25) is 0 Å². The smallest absolute Gasteiger partial charge is 0.130 e. The van der Waals surface area contributed by atoms with Crippen molar-refractivity contribution in [1.82, 2.24) is 0 Å². The average molecular weight is 218 g/mol. The zero-order valence-electron chi connectivity index (χ0n) is 10.8. The van der Waals surface area contributed by atoms with Crippen molar-refractivity contribution >= 4 is 6.29 Å². The lowest BCUT2D eigenvalue weighted by molar-refractivity contribution is -0.115. The fourth-order valence-corrected chi connectivity index (χ4v) is 2.39. The summed E-state index contributed by atoms with van der Waals surface area (Å²) < 4.78 is 0. The SMILES string of the molecule is C=CC1(C=O)CC(C)C(C)=CC1C=C(C)C. The number of hydrogen-bond acceptors (Lipinski definition) is 1. The van der Waals surface area contributed by atoms with Gasteiger partial charge in [-0.25, -0.2) is 0 Å². The van der Waals surface area contributed by atoms with Crippen molar-refractivity contribution in [2.45, 2.75) is 34.1 Å². The Balaban J connectivity index is 3.21. The summed E-state index contributed by atoms with van der Waals surface area (Å²) in [5.41, 5.74) is 2.22. The highest BCUT2D eigenvalue weighted by molar-refractivity contribution is 5.65. The molecule has 0 spiro atoms. The molecule has 0 aromatic carbocycles. The summed E-state index contributed by atoms with van der Waals surface area (Å²) in [5.74, 6) is 0.633. The quantitative estimate of drug-likeness (QED) is 0.518. The van der Waals surface area contributed by atoms with E-state index < -0.39 is 5.41 Å². The van der Waals surface area contributed by atoms with Gasteiger partial charge in [0, 0.05) is 5.92 Å². The molecule has 0 N–H and O–H groups in total. The minimum atomic E-state index is -0.407. The fourth-order valence-electron chi connectivity index (χ4n) is 2.39. The number of carbonyl (C=O) groups excluding carboxylic acids is 1.